The van der Waals surface area contributed by atoms with Crippen LogP contribution in [-0.2, 0) is 36.0 Å². The predicted molar refractivity (Wildman–Crippen MR) is 172 cm³/mol. The van der Waals surface area contributed by atoms with Gasteiger partial charge in [-0.05, 0) is 39.8 Å². The molecule has 2 fully saturated rings. The van der Waals surface area contributed by atoms with E-state index < -0.39 is 74.8 Å². The van der Waals surface area contributed by atoms with Gasteiger partial charge < -0.3 is 36.0 Å². The van der Waals surface area contributed by atoms with Gasteiger partial charge in [-0.25, -0.2) is 24.1 Å². The van der Waals surface area contributed by atoms with Crippen molar-refractivity contribution < 1.29 is 42.6 Å². The number of carbonyl (C=O) groups is 4. The van der Waals surface area contributed by atoms with Crippen LogP contribution >= 0.6 is 11.3 Å². The zero-order chi connectivity index (χ0) is 36.5. The number of aromatic amines is 1. The number of anilines is 1. The number of likely N-dealkylation sites (tertiary alicyclic amines) is 2. The lowest BCUT2D eigenvalue weighted by Crippen LogP contribution is -2.68. The zero-order valence-corrected chi connectivity index (χ0v) is 28.0. The second kappa shape index (κ2) is 13.7. The van der Waals surface area contributed by atoms with E-state index in [0.717, 1.165) is 54.1 Å². The Morgan fingerprint density at radius 2 is 1.90 bits per heavy atom. The molecule has 2 aliphatic rings. The molecule has 24 heteroatoms. The number of rotatable bonds is 12. The summed E-state index contributed by atoms with van der Waals surface area (Å²) in [4.78, 5) is 89.6. The molecule has 50 heavy (non-hydrogen) atoms. The molecule has 2 aliphatic heterocycles. The van der Waals surface area contributed by atoms with E-state index in [2.05, 4.69) is 25.5 Å². The molecular weight excluding hydrogens is 706 g/mol. The Labute approximate surface area is 285 Å². The molecule has 0 radical (unpaired) electrons. The van der Waals surface area contributed by atoms with E-state index in [1.165, 1.54) is 19.2 Å². The molecule has 5 heterocycles. The van der Waals surface area contributed by atoms with Gasteiger partial charge in [-0.2, -0.15) is 8.42 Å². The first-order chi connectivity index (χ1) is 23.5. The topological polar surface area (TPSA) is 307 Å². The monoisotopic (exact) mass is 737 g/mol. The van der Waals surface area contributed by atoms with Gasteiger partial charge in [-0.3, -0.25) is 23.9 Å². The molecule has 3 aromatic heterocycles. The minimum absolute atomic E-state index is 0.000176. The van der Waals surface area contributed by atoms with Crippen molar-refractivity contribution in [1.29, 1.82) is 0 Å². The number of oxime groups is 1. The smallest absolute Gasteiger partial charge is 0.362 e. The number of aromatic nitrogens is 5. The third kappa shape index (κ3) is 7.35. The number of H-pyrrole nitrogens is 1. The molecule has 0 saturated carbocycles. The number of hydrogen-bond acceptors (Lipinski definition) is 16. The zero-order valence-electron chi connectivity index (χ0n) is 26.4. The Morgan fingerprint density at radius 1 is 1.20 bits per heavy atom. The molecule has 0 aliphatic carbocycles. The van der Waals surface area contributed by atoms with Crippen LogP contribution in [0.2, 0.25) is 0 Å². The van der Waals surface area contributed by atoms with Gasteiger partial charge in [0, 0.05) is 30.7 Å². The molecule has 0 bridgehead atoms. The first kappa shape index (κ1) is 35.7. The van der Waals surface area contributed by atoms with E-state index >= 15 is 0 Å². The first-order valence-electron chi connectivity index (χ1n) is 14.7. The number of nitrogens with two attached hydrogens (primary N) is 1. The van der Waals surface area contributed by atoms with Crippen molar-refractivity contribution in [2.75, 3.05) is 31.9 Å². The van der Waals surface area contributed by atoms with Gasteiger partial charge in [0.1, 0.15) is 11.7 Å². The highest BCUT2D eigenvalue weighted by molar-refractivity contribution is 7.88. The van der Waals surface area contributed by atoms with Gasteiger partial charge in [-0.1, -0.05) is 9.24 Å². The number of β-lactam (4-membered cyclic amide) rings is 1. The average molecular weight is 738 g/mol. The maximum Gasteiger partial charge on any atom is 0.362 e. The lowest BCUT2D eigenvalue weighted by Gasteiger charge is -2.36. The number of nitrogens with zero attached hydrogens (tertiary/aromatic N) is 7. The number of thiazole rings is 1. The largest absolute Gasteiger partial charge is 0.503 e. The summed E-state index contributed by atoms with van der Waals surface area (Å²) in [5.74, 6) is -4.39. The lowest BCUT2D eigenvalue weighted by atomic mass is 10.1. The Hall–Kier alpha value is -5.62. The van der Waals surface area contributed by atoms with Crippen LogP contribution in [0.25, 0.3) is 11.5 Å². The van der Waals surface area contributed by atoms with Gasteiger partial charge in [0.05, 0.1) is 12.2 Å². The summed E-state index contributed by atoms with van der Waals surface area (Å²) < 4.78 is 29.1. The third-order valence-electron chi connectivity index (χ3n) is 7.59. The Balaban J connectivity index is 1.31. The van der Waals surface area contributed by atoms with Crippen molar-refractivity contribution in [3.63, 3.8) is 0 Å². The van der Waals surface area contributed by atoms with Crippen LogP contribution in [0.1, 0.15) is 32.4 Å². The number of urea groups is 1. The SMILES string of the molecule is CC(C)(ON=C(C(=O)N[C@H]1CN(C(=O)NS(=O)(=O)n2nc(-c3cc(=O)c(O)c[nH]3)n(CCN3CCCC3)c2=O)C1=O)c1csc(N)n1)C(=O)O. The van der Waals surface area contributed by atoms with E-state index in [-0.39, 0.29) is 33.0 Å². The van der Waals surface area contributed by atoms with Crippen molar-refractivity contribution in [2.24, 2.45) is 5.16 Å². The fourth-order valence-corrected chi connectivity index (χ4v) is 6.18. The second-order valence-corrected chi connectivity index (χ2v) is 13.9. The molecule has 1 atom stereocenters. The van der Waals surface area contributed by atoms with E-state index in [1.54, 1.807) is 4.72 Å². The summed E-state index contributed by atoms with van der Waals surface area (Å²) >= 11 is 0.938. The molecule has 5 rings (SSSR count). The number of carbonyl (C=O) groups excluding carboxylic acids is 3. The number of amides is 4. The molecule has 2 saturated heterocycles. The molecule has 22 nitrogen and oxygen atoms in total. The van der Waals surface area contributed by atoms with E-state index in [1.807, 2.05) is 4.90 Å². The summed E-state index contributed by atoms with van der Waals surface area (Å²) in [6, 6.07) is -1.90. The van der Waals surface area contributed by atoms with Crippen LogP contribution in [0.5, 0.6) is 5.75 Å². The minimum atomic E-state index is -5.08. The molecule has 0 aromatic carbocycles. The fraction of sp³-hybridized carbons (Fsp3) is 0.423. The summed E-state index contributed by atoms with van der Waals surface area (Å²) in [5.41, 5.74) is 1.04. The van der Waals surface area contributed by atoms with Crippen molar-refractivity contribution in [3.8, 4) is 17.3 Å². The van der Waals surface area contributed by atoms with Crippen molar-refractivity contribution >= 4 is 56.2 Å². The quantitative estimate of drug-likeness (QED) is 0.0644. The lowest BCUT2D eigenvalue weighted by molar-refractivity contribution is -0.161. The first-order valence-corrected chi connectivity index (χ1v) is 17.0. The van der Waals surface area contributed by atoms with Crippen molar-refractivity contribution in [1.82, 2.24) is 43.6 Å². The van der Waals surface area contributed by atoms with E-state index in [0.29, 0.717) is 11.4 Å². The fourth-order valence-electron chi connectivity index (χ4n) is 4.73. The summed E-state index contributed by atoms with van der Waals surface area (Å²) in [6.07, 6.45) is 2.83. The van der Waals surface area contributed by atoms with Crippen molar-refractivity contribution in [2.45, 2.75) is 44.9 Å². The highest BCUT2D eigenvalue weighted by Crippen LogP contribution is 2.18. The molecular formula is C26H31N11O11S2. The maximum absolute atomic E-state index is 13.4. The summed E-state index contributed by atoms with van der Waals surface area (Å²) in [7, 11) is -5.08. The Kier molecular flexibility index (Phi) is 9.79. The van der Waals surface area contributed by atoms with Gasteiger partial charge in [-0.15, -0.1) is 16.4 Å². The van der Waals surface area contributed by atoms with Gasteiger partial charge >= 0.3 is 27.9 Å². The van der Waals surface area contributed by atoms with Crippen LogP contribution in [0.3, 0.4) is 0 Å². The second-order valence-electron chi connectivity index (χ2n) is 11.6. The number of imide groups is 1. The highest BCUT2D eigenvalue weighted by atomic mass is 32.2. The minimum Gasteiger partial charge on any atom is -0.503 e. The average Bonchev–Trinajstić information content (AvgIpc) is 3.80. The third-order valence-corrected chi connectivity index (χ3v) is 9.39. The van der Waals surface area contributed by atoms with E-state index in [9.17, 15) is 47.4 Å². The predicted octanol–water partition coefficient (Wildman–Crippen LogP) is -2.35. The number of nitrogen functional groups attached to an aromatic ring is 1. The maximum atomic E-state index is 13.4. The number of aliphatic carboxylic acids is 1. The molecule has 4 amide bonds. The number of aromatic hydroxyl groups is 1. The number of hydrogen-bond donors (Lipinski definition) is 6. The van der Waals surface area contributed by atoms with Crippen LogP contribution in [-0.4, -0.2) is 119 Å². The molecule has 268 valence electrons. The Bertz CT molecular complexity index is 2110. The normalized spacial score (nSPS) is 17.0. The van der Waals surface area contributed by atoms with Crippen LogP contribution in [0.15, 0.2) is 32.4 Å². The molecule has 3 aromatic rings. The van der Waals surface area contributed by atoms with E-state index in [4.69, 9.17) is 10.6 Å². The number of nitrogens with one attached hydrogen (secondary N) is 3. The number of pyridine rings is 1. The molecule has 0 unspecified atom stereocenters. The van der Waals surface area contributed by atoms with Crippen LogP contribution in [0.4, 0.5) is 9.93 Å². The molecule has 0 spiro atoms. The Morgan fingerprint density at radius 3 is 2.50 bits per heavy atom. The van der Waals surface area contributed by atoms with Crippen LogP contribution < -0.4 is 26.9 Å². The number of carboxylic acid groups (broad SMARTS) is 1. The summed E-state index contributed by atoms with van der Waals surface area (Å²) in [5, 5.41) is 30.0. The molecule has 7 N–H and O–H groups in total. The van der Waals surface area contributed by atoms with Gasteiger partial charge in [0.2, 0.25) is 11.0 Å². The summed E-state index contributed by atoms with van der Waals surface area (Å²) in [6.45, 7) is 3.66. The standard InChI is InChI=1S/C26H31N11O11S2/c1-26(2,22(42)43)48-32-18(15-12-49-23(27)30-15)20(40)29-14-11-36(21(14)41)24(44)33-50(46,47)37-25(45)35(8-7-34-5-3-4-6-34)19(31-37)13-9-16(38)17(39)10-28-13/h9-10,12,14,39H,3-8,11H2,1-2H3,(H2,27,30)(H,28,38)(H,29,40)(H,33,44)(H,42,43)/t14-/m0/s1. The number of carboxylic acids is 1. The van der Waals surface area contributed by atoms with Crippen molar-refractivity contribution in [3.05, 3.63) is 44.0 Å². The van der Waals surface area contributed by atoms with Gasteiger partial charge in [0.25, 0.3) is 11.8 Å². The van der Waals surface area contributed by atoms with Gasteiger partial charge in [0.15, 0.2) is 22.4 Å². The van der Waals surface area contributed by atoms with Crippen LogP contribution in [0, 0.1) is 0 Å². The highest BCUT2D eigenvalue weighted by Gasteiger charge is 2.44.